The van der Waals surface area contributed by atoms with E-state index in [9.17, 15) is 14.4 Å². The molecule has 3 rings (SSSR count). The second-order valence-electron chi connectivity index (χ2n) is 6.58. The lowest BCUT2D eigenvalue weighted by molar-refractivity contribution is -0.127. The molecule has 1 aliphatic rings. The quantitative estimate of drug-likeness (QED) is 0.654. The van der Waals surface area contributed by atoms with E-state index in [1.807, 2.05) is 19.1 Å². The minimum Gasteiger partial charge on any atom is -0.496 e. The van der Waals surface area contributed by atoms with E-state index < -0.39 is 17.1 Å². The van der Waals surface area contributed by atoms with E-state index in [1.165, 1.54) is 27.4 Å². The highest BCUT2D eigenvalue weighted by Crippen LogP contribution is 2.38. The Kier molecular flexibility index (Phi) is 6.86. The maximum Gasteiger partial charge on any atom is 0.294 e. The second-order valence-corrected chi connectivity index (χ2v) is 7.57. The van der Waals surface area contributed by atoms with Crippen molar-refractivity contribution in [1.29, 1.82) is 0 Å². The third kappa shape index (κ3) is 4.83. The summed E-state index contributed by atoms with van der Waals surface area (Å²) in [5, 5.41) is 2.21. The van der Waals surface area contributed by atoms with Crippen LogP contribution in [-0.2, 0) is 9.59 Å². The Morgan fingerprint density at radius 3 is 2.32 bits per heavy atom. The van der Waals surface area contributed by atoms with Gasteiger partial charge in [-0.3, -0.25) is 19.3 Å². The van der Waals surface area contributed by atoms with Gasteiger partial charge in [0.15, 0.2) is 11.5 Å². The molecule has 0 bridgehead atoms. The molecule has 31 heavy (non-hydrogen) atoms. The average Bonchev–Trinajstić information content (AvgIpc) is 3.02. The summed E-state index contributed by atoms with van der Waals surface area (Å²) in [5.41, 5.74) is 2.05. The molecule has 9 heteroatoms. The number of imide groups is 1. The molecule has 1 heterocycles. The van der Waals surface area contributed by atoms with Crippen LogP contribution in [0.3, 0.4) is 0 Å². The van der Waals surface area contributed by atoms with E-state index in [1.54, 1.807) is 24.3 Å². The Hall–Kier alpha value is -3.46. The Morgan fingerprint density at radius 2 is 1.68 bits per heavy atom. The van der Waals surface area contributed by atoms with Gasteiger partial charge in [-0.15, -0.1) is 0 Å². The van der Waals surface area contributed by atoms with Gasteiger partial charge in [0.1, 0.15) is 12.3 Å². The lowest BCUT2D eigenvalue weighted by Gasteiger charge is -2.14. The van der Waals surface area contributed by atoms with Crippen LogP contribution in [0.4, 0.5) is 10.5 Å². The summed E-state index contributed by atoms with van der Waals surface area (Å²) in [6.45, 7) is 1.48. The number of benzene rings is 2. The predicted octanol–water partition coefficient (Wildman–Crippen LogP) is 3.70. The topological polar surface area (TPSA) is 94.2 Å². The van der Waals surface area contributed by atoms with Crippen molar-refractivity contribution >= 4 is 40.6 Å². The molecule has 0 aliphatic carbocycles. The Bertz CT molecular complexity index is 1070. The number of carbonyl (C=O) groups is 3. The van der Waals surface area contributed by atoms with Crippen molar-refractivity contribution in [3.05, 3.63) is 52.4 Å². The predicted molar refractivity (Wildman–Crippen MR) is 119 cm³/mol. The first-order chi connectivity index (χ1) is 14.9. The fourth-order valence-corrected chi connectivity index (χ4v) is 3.82. The van der Waals surface area contributed by atoms with E-state index in [0.717, 1.165) is 22.2 Å². The molecule has 0 unspecified atom stereocenters. The van der Waals surface area contributed by atoms with Gasteiger partial charge in [0.2, 0.25) is 5.91 Å². The second kappa shape index (κ2) is 9.57. The lowest BCUT2D eigenvalue weighted by Crippen LogP contribution is -2.36. The summed E-state index contributed by atoms with van der Waals surface area (Å²) in [5.74, 6) is 0.360. The number of amides is 3. The van der Waals surface area contributed by atoms with Crippen LogP contribution >= 0.6 is 11.8 Å². The Balaban J connectivity index is 1.80. The smallest absolute Gasteiger partial charge is 0.294 e. The minimum atomic E-state index is -0.549. The number of hydrogen-bond acceptors (Lipinski definition) is 7. The molecule has 0 saturated carbocycles. The van der Waals surface area contributed by atoms with Crippen molar-refractivity contribution in [2.45, 2.75) is 6.92 Å². The summed E-state index contributed by atoms with van der Waals surface area (Å²) in [4.78, 5) is 38.7. The van der Waals surface area contributed by atoms with Crippen LogP contribution in [0.15, 0.2) is 41.3 Å². The van der Waals surface area contributed by atoms with Crippen LogP contribution in [0.25, 0.3) is 6.08 Å². The number of ether oxygens (including phenoxy) is 3. The fraction of sp³-hybridized carbons (Fsp3) is 0.227. The Labute approximate surface area is 184 Å². The zero-order valence-corrected chi connectivity index (χ0v) is 18.4. The van der Waals surface area contributed by atoms with Crippen molar-refractivity contribution in [3.63, 3.8) is 0 Å². The molecule has 3 amide bonds. The number of carbonyl (C=O) groups excluding carboxylic acids is 3. The van der Waals surface area contributed by atoms with Crippen LogP contribution in [0.2, 0.25) is 0 Å². The summed E-state index contributed by atoms with van der Waals surface area (Å²) < 4.78 is 15.9. The maximum absolute atomic E-state index is 12.8. The SMILES string of the molecule is COc1cc(OC)c(OC)cc1/C=C1/SC(=O)N(CC(=O)Nc2ccccc2C)C1=O. The number of nitrogens with one attached hydrogen (secondary N) is 1. The molecule has 0 radical (unpaired) electrons. The molecule has 0 aromatic heterocycles. The van der Waals surface area contributed by atoms with Crippen molar-refractivity contribution in [1.82, 2.24) is 4.90 Å². The van der Waals surface area contributed by atoms with Crippen LogP contribution in [0.5, 0.6) is 17.2 Å². The monoisotopic (exact) mass is 442 g/mol. The molecule has 1 aliphatic heterocycles. The van der Waals surface area contributed by atoms with Gasteiger partial charge >= 0.3 is 0 Å². The first-order valence-electron chi connectivity index (χ1n) is 9.28. The molecule has 1 fully saturated rings. The molecule has 2 aromatic carbocycles. The first kappa shape index (κ1) is 22.2. The highest BCUT2D eigenvalue weighted by Gasteiger charge is 2.36. The van der Waals surface area contributed by atoms with Gasteiger partial charge < -0.3 is 19.5 Å². The van der Waals surface area contributed by atoms with Crippen LogP contribution < -0.4 is 19.5 Å². The van der Waals surface area contributed by atoms with Crippen molar-refractivity contribution in [2.24, 2.45) is 0 Å². The number of hydrogen-bond donors (Lipinski definition) is 1. The highest BCUT2D eigenvalue weighted by molar-refractivity contribution is 8.18. The van der Waals surface area contributed by atoms with Crippen LogP contribution in [0.1, 0.15) is 11.1 Å². The van der Waals surface area contributed by atoms with E-state index in [2.05, 4.69) is 5.32 Å². The van der Waals surface area contributed by atoms with E-state index in [-0.39, 0.29) is 11.4 Å². The van der Waals surface area contributed by atoms with E-state index in [4.69, 9.17) is 14.2 Å². The number of thioether (sulfide) groups is 1. The number of anilines is 1. The minimum absolute atomic E-state index is 0.180. The molecule has 8 nitrogen and oxygen atoms in total. The number of methoxy groups -OCH3 is 3. The molecular weight excluding hydrogens is 420 g/mol. The summed E-state index contributed by atoms with van der Waals surface area (Å²) in [6.07, 6.45) is 1.53. The van der Waals surface area contributed by atoms with Gasteiger partial charge in [-0.2, -0.15) is 0 Å². The van der Waals surface area contributed by atoms with Crippen LogP contribution in [-0.4, -0.2) is 49.8 Å². The average molecular weight is 442 g/mol. The molecule has 0 atom stereocenters. The van der Waals surface area contributed by atoms with Crippen molar-refractivity contribution in [2.75, 3.05) is 33.2 Å². The van der Waals surface area contributed by atoms with Gasteiger partial charge in [-0.1, -0.05) is 18.2 Å². The zero-order chi connectivity index (χ0) is 22.5. The molecule has 1 saturated heterocycles. The summed E-state index contributed by atoms with van der Waals surface area (Å²) in [6, 6.07) is 10.5. The van der Waals surface area contributed by atoms with Gasteiger partial charge in [0.05, 0.1) is 26.2 Å². The molecule has 162 valence electrons. The van der Waals surface area contributed by atoms with Gasteiger partial charge in [0.25, 0.3) is 11.1 Å². The molecule has 1 N–H and O–H groups in total. The normalized spacial score (nSPS) is 14.7. The number of para-hydroxylation sites is 1. The highest BCUT2D eigenvalue weighted by atomic mass is 32.2. The number of nitrogens with zero attached hydrogens (tertiary/aromatic N) is 1. The standard InChI is InChI=1S/C22H22N2O6S/c1-13-7-5-6-8-15(13)23-20(25)12-24-21(26)19(31-22(24)27)10-14-9-17(29-3)18(30-4)11-16(14)28-2/h5-11H,12H2,1-4H3,(H,23,25)/b19-10+. The summed E-state index contributed by atoms with van der Waals surface area (Å²) in [7, 11) is 4.49. The van der Waals surface area contributed by atoms with E-state index >= 15 is 0 Å². The van der Waals surface area contributed by atoms with Gasteiger partial charge in [-0.05, 0) is 42.5 Å². The zero-order valence-electron chi connectivity index (χ0n) is 17.6. The third-order valence-electron chi connectivity index (χ3n) is 4.62. The van der Waals surface area contributed by atoms with Crippen molar-refractivity contribution < 1.29 is 28.6 Å². The third-order valence-corrected chi connectivity index (χ3v) is 5.52. The fourth-order valence-electron chi connectivity index (χ4n) is 2.99. The maximum atomic E-state index is 12.8. The molecular formula is C22H22N2O6S. The molecule has 0 spiro atoms. The number of aryl methyl sites for hydroxylation is 1. The largest absolute Gasteiger partial charge is 0.496 e. The van der Waals surface area contributed by atoms with Gasteiger partial charge in [0, 0.05) is 17.3 Å². The Morgan fingerprint density at radius 1 is 1.03 bits per heavy atom. The lowest BCUT2D eigenvalue weighted by atomic mass is 10.1. The number of rotatable bonds is 7. The summed E-state index contributed by atoms with van der Waals surface area (Å²) >= 11 is 0.762. The van der Waals surface area contributed by atoms with E-state index in [0.29, 0.717) is 28.5 Å². The first-order valence-corrected chi connectivity index (χ1v) is 10.1. The molecule has 2 aromatic rings. The van der Waals surface area contributed by atoms with Gasteiger partial charge in [-0.25, -0.2) is 0 Å². The van der Waals surface area contributed by atoms with Crippen LogP contribution in [0, 0.1) is 6.92 Å². The van der Waals surface area contributed by atoms with Crippen molar-refractivity contribution in [3.8, 4) is 17.2 Å².